The summed E-state index contributed by atoms with van der Waals surface area (Å²) in [5, 5.41) is 12.6. The van der Waals surface area contributed by atoms with Crippen LogP contribution >= 0.6 is 0 Å². The number of aromatic nitrogens is 3. The second-order valence-corrected chi connectivity index (χ2v) is 3.28. The number of hydrogen-bond donors (Lipinski definition) is 1. The van der Waals surface area contributed by atoms with E-state index in [1.165, 1.54) is 12.4 Å². The number of pyridine rings is 1. The van der Waals surface area contributed by atoms with E-state index in [-0.39, 0.29) is 11.2 Å². The molecule has 0 saturated heterocycles. The topological polar surface area (TPSA) is 68.0 Å². The minimum absolute atomic E-state index is 0.0118. The molecule has 0 aliphatic rings. The quantitative estimate of drug-likeness (QED) is 0.830. The van der Waals surface area contributed by atoms with Gasteiger partial charge in [-0.2, -0.15) is 18.6 Å². The molecule has 88 valence electrons. The Morgan fingerprint density at radius 1 is 1.53 bits per heavy atom. The smallest absolute Gasteiger partial charge is 0.364 e. The highest BCUT2D eigenvalue weighted by Crippen LogP contribution is 2.26. The number of carboxylic acids is 1. The third kappa shape index (κ3) is 1.75. The average molecular weight is 239 g/mol. The van der Waals surface area contributed by atoms with Crippen LogP contribution in [0.3, 0.4) is 0 Å². The van der Waals surface area contributed by atoms with Gasteiger partial charge in [0.1, 0.15) is 5.69 Å². The number of aromatic carboxylic acids is 1. The highest BCUT2D eigenvalue weighted by molar-refractivity contribution is 5.90. The average Bonchev–Trinajstić information content (AvgIpc) is 2.72. The maximum atomic E-state index is 13.4. The van der Waals surface area contributed by atoms with Crippen LogP contribution in [0.4, 0.5) is 8.78 Å². The summed E-state index contributed by atoms with van der Waals surface area (Å²) in [6.45, 7) is 3.01. The molecule has 0 aromatic carbocycles. The zero-order valence-corrected chi connectivity index (χ0v) is 8.47. The molecule has 0 amide bonds. The lowest BCUT2D eigenvalue weighted by atomic mass is 10.3. The fourth-order valence-electron chi connectivity index (χ4n) is 1.36. The first-order chi connectivity index (χ1) is 7.95. The fourth-order valence-corrected chi connectivity index (χ4v) is 1.36. The van der Waals surface area contributed by atoms with Crippen LogP contribution in [0, 0.1) is 0 Å². The molecule has 5 nitrogen and oxygen atoms in total. The van der Waals surface area contributed by atoms with Crippen molar-refractivity contribution in [2.75, 3.05) is 0 Å². The van der Waals surface area contributed by atoms with Crippen molar-refractivity contribution in [1.29, 1.82) is 0 Å². The third-order valence-corrected chi connectivity index (χ3v) is 2.20. The molecule has 1 N–H and O–H groups in total. The van der Waals surface area contributed by atoms with Gasteiger partial charge < -0.3 is 5.11 Å². The summed E-state index contributed by atoms with van der Waals surface area (Å²) in [5.41, 5.74) is -0.332. The molecule has 2 aromatic rings. The first-order valence-electron chi connectivity index (χ1n) is 4.54. The molecule has 0 bridgehead atoms. The van der Waals surface area contributed by atoms with E-state index in [4.69, 9.17) is 5.11 Å². The van der Waals surface area contributed by atoms with Gasteiger partial charge in [0.15, 0.2) is 0 Å². The monoisotopic (exact) mass is 239 g/mol. The molecule has 2 heterocycles. The lowest BCUT2D eigenvalue weighted by Gasteiger charge is -2.12. The van der Waals surface area contributed by atoms with Crippen LogP contribution in [0.2, 0.25) is 0 Å². The van der Waals surface area contributed by atoms with E-state index in [0.717, 1.165) is 6.07 Å². The lowest BCUT2D eigenvalue weighted by Crippen LogP contribution is -2.21. The van der Waals surface area contributed by atoms with Gasteiger partial charge >= 0.3 is 12.0 Å². The Labute approximate surface area is 94.0 Å². The van der Waals surface area contributed by atoms with Gasteiger partial charge in [-0.3, -0.25) is 0 Å². The molecule has 0 unspecified atom stereocenters. The standard InChI is InChI=1S/C10H7F2N3O2/c1-2-10(11,12)15-8-3-7(9(16)17)13-4-6(8)5-14-15/h2-5H,1H2,(H,16,17). The highest BCUT2D eigenvalue weighted by atomic mass is 19.3. The summed E-state index contributed by atoms with van der Waals surface area (Å²) in [4.78, 5) is 14.3. The van der Waals surface area contributed by atoms with Crippen LogP contribution in [0.15, 0.2) is 31.1 Å². The van der Waals surface area contributed by atoms with Gasteiger partial charge in [-0.05, 0) is 6.07 Å². The molecule has 0 aliphatic carbocycles. The second kappa shape index (κ2) is 3.62. The maximum Gasteiger partial charge on any atom is 0.364 e. The van der Waals surface area contributed by atoms with Crippen LogP contribution < -0.4 is 0 Å². The number of nitrogens with zero attached hydrogens (tertiary/aromatic N) is 3. The van der Waals surface area contributed by atoms with Gasteiger partial charge in [-0.25, -0.2) is 9.78 Å². The van der Waals surface area contributed by atoms with Gasteiger partial charge in [-0.15, -0.1) is 0 Å². The van der Waals surface area contributed by atoms with Crippen LogP contribution in [0.5, 0.6) is 0 Å². The number of carbonyl (C=O) groups is 1. The van der Waals surface area contributed by atoms with Crippen molar-refractivity contribution in [3.8, 4) is 0 Å². The summed E-state index contributed by atoms with van der Waals surface area (Å²) in [6.07, 6.45) is 2.80. The fraction of sp³-hybridized carbons (Fsp3) is 0.100. The molecule has 2 rings (SSSR count). The van der Waals surface area contributed by atoms with Crippen LogP contribution in [0.25, 0.3) is 10.9 Å². The molecule has 0 spiro atoms. The summed E-state index contributed by atoms with van der Waals surface area (Å²) in [5.74, 6) is -1.29. The Morgan fingerprint density at radius 2 is 2.24 bits per heavy atom. The lowest BCUT2D eigenvalue weighted by molar-refractivity contribution is -0.0350. The van der Waals surface area contributed by atoms with Crippen molar-refractivity contribution in [2.45, 2.75) is 6.05 Å². The number of halogens is 2. The van der Waals surface area contributed by atoms with Gasteiger partial charge in [0.2, 0.25) is 0 Å². The number of carboxylic acid groups (broad SMARTS) is 1. The zero-order valence-electron chi connectivity index (χ0n) is 8.47. The number of fused-ring (bicyclic) bond motifs is 1. The summed E-state index contributed by atoms with van der Waals surface area (Å²) in [6, 6.07) is -2.33. The Balaban J connectivity index is 2.70. The largest absolute Gasteiger partial charge is 0.477 e. The Hall–Kier alpha value is -2.31. The highest BCUT2D eigenvalue weighted by Gasteiger charge is 2.29. The first-order valence-corrected chi connectivity index (χ1v) is 4.54. The molecule has 7 heteroatoms. The Bertz CT molecular complexity index is 607. The van der Waals surface area contributed by atoms with Crippen LogP contribution in [-0.4, -0.2) is 25.8 Å². The predicted molar refractivity (Wildman–Crippen MR) is 54.9 cm³/mol. The maximum absolute atomic E-state index is 13.4. The van der Waals surface area contributed by atoms with Crippen molar-refractivity contribution in [3.63, 3.8) is 0 Å². The van der Waals surface area contributed by atoms with E-state index in [0.29, 0.717) is 16.1 Å². The molecule has 0 saturated carbocycles. The summed E-state index contributed by atoms with van der Waals surface area (Å²) >= 11 is 0. The predicted octanol–water partition coefficient (Wildman–Crippen LogP) is 1.86. The molecular weight excluding hydrogens is 232 g/mol. The van der Waals surface area contributed by atoms with Crippen LogP contribution in [0.1, 0.15) is 10.5 Å². The SMILES string of the molecule is C=CC(F)(F)n1ncc2cnc(C(=O)O)cc21. The number of hydrogen-bond acceptors (Lipinski definition) is 3. The van der Waals surface area contributed by atoms with E-state index in [9.17, 15) is 13.6 Å². The van der Waals surface area contributed by atoms with E-state index in [2.05, 4.69) is 16.7 Å². The first kappa shape index (κ1) is 11.2. The molecule has 0 radical (unpaired) electrons. The minimum Gasteiger partial charge on any atom is -0.477 e. The van der Waals surface area contributed by atoms with E-state index >= 15 is 0 Å². The van der Waals surface area contributed by atoms with Crippen molar-refractivity contribution < 1.29 is 18.7 Å². The van der Waals surface area contributed by atoms with Gasteiger partial charge in [0, 0.05) is 17.7 Å². The molecule has 0 aliphatic heterocycles. The van der Waals surface area contributed by atoms with E-state index in [1.54, 1.807) is 0 Å². The third-order valence-electron chi connectivity index (χ3n) is 2.20. The number of rotatable bonds is 3. The minimum atomic E-state index is -3.38. The van der Waals surface area contributed by atoms with Crippen molar-refractivity contribution in [3.05, 3.63) is 36.8 Å². The van der Waals surface area contributed by atoms with Crippen molar-refractivity contribution in [2.24, 2.45) is 0 Å². The van der Waals surface area contributed by atoms with Gasteiger partial charge in [0.25, 0.3) is 0 Å². The van der Waals surface area contributed by atoms with Gasteiger partial charge in [0.05, 0.1) is 11.7 Å². The zero-order chi connectivity index (χ0) is 12.6. The number of alkyl halides is 2. The van der Waals surface area contributed by atoms with Gasteiger partial charge in [-0.1, -0.05) is 6.58 Å². The summed E-state index contributed by atoms with van der Waals surface area (Å²) < 4.78 is 27.2. The number of allylic oxidation sites excluding steroid dienone is 1. The Morgan fingerprint density at radius 3 is 2.82 bits per heavy atom. The van der Waals surface area contributed by atoms with E-state index in [1.807, 2.05) is 0 Å². The van der Waals surface area contributed by atoms with E-state index < -0.39 is 12.0 Å². The molecule has 2 aromatic heterocycles. The van der Waals surface area contributed by atoms with Crippen molar-refractivity contribution >= 4 is 16.9 Å². The second-order valence-electron chi connectivity index (χ2n) is 3.28. The van der Waals surface area contributed by atoms with Crippen LogP contribution in [-0.2, 0) is 6.05 Å². The molecule has 17 heavy (non-hydrogen) atoms. The Kier molecular flexibility index (Phi) is 2.38. The molecule has 0 fully saturated rings. The normalized spacial score (nSPS) is 11.6. The molecular formula is C10H7F2N3O2. The van der Waals surface area contributed by atoms with Crippen molar-refractivity contribution in [1.82, 2.24) is 14.8 Å². The molecule has 0 atom stereocenters. The summed E-state index contributed by atoms with van der Waals surface area (Å²) in [7, 11) is 0.